The van der Waals surface area contributed by atoms with Gasteiger partial charge in [-0.25, -0.2) is 4.98 Å². The maximum atomic E-state index is 4.85. The summed E-state index contributed by atoms with van der Waals surface area (Å²) < 4.78 is 3.90. The van der Waals surface area contributed by atoms with Gasteiger partial charge in [0.05, 0.1) is 20.4 Å². The van der Waals surface area contributed by atoms with Gasteiger partial charge in [0, 0.05) is 32.1 Å². The summed E-state index contributed by atoms with van der Waals surface area (Å²) in [6.07, 6.45) is 1.84. The van der Waals surface area contributed by atoms with E-state index in [0.29, 0.717) is 0 Å². The Kier molecular flexibility index (Phi) is 3.41. The molecule has 0 spiro atoms. The van der Waals surface area contributed by atoms with Crippen LogP contribution in [-0.4, -0.2) is 9.97 Å². The van der Waals surface area contributed by atoms with Crippen LogP contribution in [0, 0.1) is 0 Å². The quantitative estimate of drug-likeness (QED) is 0.301. The van der Waals surface area contributed by atoms with Gasteiger partial charge in [-0.3, -0.25) is 4.98 Å². The lowest BCUT2D eigenvalue weighted by Crippen LogP contribution is -1.78. The van der Waals surface area contributed by atoms with Crippen molar-refractivity contribution in [1.82, 2.24) is 9.97 Å². The van der Waals surface area contributed by atoms with E-state index in [1.54, 1.807) is 22.7 Å². The van der Waals surface area contributed by atoms with Crippen molar-refractivity contribution in [2.24, 2.45) is 0 Å². The average Bonchev–Trinajstić information content (AvgIpc) is 3.40. The standard InChI is InChI=1S/C22H12N2S3/c1-2-6-18-17(5-1)24-22(27-18)15-12-25-20-11-19(26-21(15)20)14-7-8-16-13(10-14)4-3-9-23-16/h1-12H. The number of hydrogen-bond donors (Lipinski definition) is 0. The number of benzene rings is 2. The van der Waals surface area contributed by atoms with Gasteiger partial charge >= 0.3 is 0 Å². The van der Waals surface area contributed by atoms with E-state index in [9.17, 15) is 0 Å². The normalized spacial score (nSPS) is 11.7. The minimum absolute atomic E-state index is 1.04. The first-order valence-electron chi connectivity index (χ1n) is 8.57. The van der Waals surface area contributed by atoms with Crippen molar-refractivity contribution in [3.8, 4) is 21.0 Å². The Hall–Kier alpha value is -2.60. The van der Waals surface area contributed by atoms with Crippen molar-refractivity contribution in [3.63, 3.8) is 0 Å². The number of fused-ring (bicyclic) bond motifs is 3. The van der Waals surface area contributed by atoms with Gasteiger partial charge < -0.3 is 0 Å². The predicted molar refractivity (Wildman–Crippen MR) is 119 cm³/mol. The minimum atomic E-state index is 1.04. The van der Waals surface area contributed by atoms with Crippen molar-refractivity contribution in [2.45, 2.75) is 0 Å². The molecule has 0 aliphatic rings. The number of aromatic nitrogens is 2. The molecule has 0 atom stereocenters. The van der Waals surface area contributed by atoms with Gasteiger partial charge in [-0.2, -0.15) is 0 Å². The van der Waals surface area contributed by atoms with Crippen LogP contribution in [0.15, 0.2) is 72.2 Å². The lowest BCUT2D eigenvalue weighted by molar-refractivity contribution is 1.41. The fourth-order valence-electron chi connectivity index (χ4n) is 3.33. The van der Waals surface area contributed by atoms with E-state index < -0.39 is 0 Å². The van der Waals surface area contributed by atoms with Gasteiger partial charge in [0.1, 0.15) is 5.01 Å². The SMILES string of the molecule is c1cnc2ccc(-c3cc4scc(-c5nc6ccccc6s5)c4s3)cc2c1. The highest BCUT2D eigenvalue weighted by Crippen LogP contribution is 2.44. The maximum Gasteiger partial charge on any atom is 0.126 e. The van der Waals surface area contributed by atoms with E-state index in [4.69, 9.17) is 4.98 Å². The summed E-state index contributed by atoms with van der Waals surface area (Å²) in [5, 5.41) is 4.53. The number of para-hydroxylation sites is 1. The third-order valence-electron chi connectivity index (χ3n) is 4.66. The van der Waals surface area contributed by atoms with E-state index in [-0.39, 0.29) is 0 Å². The monoisotopic (exact) mass is 400 g/mol. The molecule has 0 saturated carbocycles. The molecule has 0 unspecified atom stereocenters. The van der Waals surface area contributed by atoms with Crippen LogP contribution >= 0.6 is 34.0 Å². The molecule has 0 radical (unpaired) electrons. The van der Waals surface area contributed by atoms with Gasteiger partial charge in [-0.05, 0) is 42.0 Å². The molecular weight excluding hydrogens is 388 g/mol. The molecule has 6 rings (SSSR count). The highest BCUT2D eigenvalue weighted by molar-refractivity contribution is 7.30. The average molecular weight is 401 g/mol. The van der Waals surface area contributed by atoms with Crippen molar-refractivity contribution in [1.29, 1.82) is 0 Å². The lowest BCUT2D eigenvalue weighted by atomic mass is 10.1. The number of rotatable bonds is 2. The Labute approximate surface area is 167 Å². The molecule has 4 aromatic heterocycles. The largest absolute Gasteiger partial charge is 0.256 e. The maximum absolute atomic E-state index is 4.85. The molecule has 0 aliphatic heterocycles. The zero-order valence-electron chi connectivity index (χ0n) is 14.0. The second kappa shape index (κ2) is 5.96. The molecule has 0 aliphatic carbocycles. The Balaban J connectivity index is 1.50. The van der Waals surface area contributed by atoms with Gasteiger partial charge in [0.25, 0.3) is 0 Å². The summed E-state index contributed by atoms with van der Waals surface area (Å²) in [5.74, 6) is 0. The number of hydrogen-bond acceptors (Lipinski definition) is 5. The van der Waals surface area contributed by atoms with E-state index >= 15 is 0 Å². The summed E-state index contributed by atoms with van der Waals surface area (Å²) in [7, 11) is 0. The summed E-state index contributed by atoms with van der Waals surface area (Å²) >= 11 is 5.43. The number of thiophene rings is 2. The first-order valence-corrected chi connectivity index (χ1v) is 11.1. The second-order valence-corrected chi connectivity index (χ2v) is 9.35. The Bertz CT molecular complexity index is 1410. The molecule has 4 heterocycles. The third-order valence-corrected chi connectivity index (χ3v) is 8.00. The molecule has 0 fully saturated rings. The summed E-state index contributed by atoms with van der Waals surface area (Å²) in [6.45, 7) is 0. The van der Waals surface area contributed by atoms with Crippen LogP contribution in [-0.2, 0) is 0 Å². The van der Waals surface area contributed by atoms with E-state index in [1.165, 1.54) is 35.5 Å². The fraction of sp³-hybridized carbons (Fsp3) is 0. The highest BCUT2D eigenvalue weighted by Gasteiger charge is 2.15. The van der Waals surface area contributed by atoms with Gasteiger partial charge in [0.15, 0.2) is 0 Å². The van der Waals surface area contributed by atoms with Gasteiger partial charge in [0.2, 0.25) is 0 Å². The highest BCUT2D eigenvalue weighted by atomic mass is 32.1. The topological polar surface area (TPSA) is 25.8 Å². The van der Waals surface area contributed by atoms with Crippen LogP contribution in [0.5, 0.6) is 0 Å². The van der Waals surface area contributed by atoms with E-state index in [1.807, 2.05) is 29.7 Å². The molecule has 6 aromatic rings. The molecule has 2 nitrogen and oxygen atoms in total. The van der Waals surface area contributed by atoms with E-state index in [2.05, 4.69) is 58.9 Å². The van der Waals surface area contributed by atoms with Crippen LogP contribution in [0.2, 0.25) is 0 Å². The smallest absolute Gasteiger partial charge is 0.126 e. The van der Waals surface area contributed by atoms with Crippen molar-refractivity contribution in [3.05, 3.63) is 72.2 Å². The summed E-state index contributed by atoms with van der Waals surface area (Å²) in [5.41, 5.74) is 4.62. The summed E-state index contributed by atoms with van der Waals surface area (Å²) in [4.78, 5) is 10.6. The Morgan fingerprint density at radius 3 is 2.70 bits per heavy atom. The number of thiazole rings is 1. The lowest BCUT2D eigenvalue weighted by Gasteiger charge is -2.00. The zero-order chi connectivity index (χ0) is 17.8. The molecule has 0 saturated heterocycles. The molecule has 2 aromatic carbocycles. The molecule has 0 amide bonds. The first-order chi connectivity index (χ1) is 13.3. The van der Waals surface area contributed by atoms with Crippen LogP contribution in [0.3, 0.4) is 0 Å². The third kappa shape index (κ3) is 2.51. The molecule has 128 valence electrons. The molecule has 0 N–H and O–H groups in total. The van der Waals surface area contributed by atoms with Gasteiger partial charge in [-0.15, -0.1) is 34.0 Å². The summed E-state index contributed by atoms with van der Waals surface area (Å²) in [6, 6.07) is 21.3. The fourth-order valence-corrected chi connectivity index (χ4v) is 6.82. The van der Waals surface area contributed by atoms with Crippen molar-refractivity contribution < 1.29 is 0 Å². The predicted octanol–water partition coefficient (Wildman–Crippen LogP) is 7.45. The molecular formula is C22H12N2S3. The van der Waals surface area contributed by atoms with E-state index in [0.717, 1.165) is 16.0 Å². The van der Waals surface area contributed by atoms with Crippen molar-refractivity contribution >= 4 is 64.5 Å². The minimum Gasteiger partial charge on any atom is -0.256 e. The second-order valence-electron chi connectivity index (χ2n) is 6.35. The van der Waals surface area contributed by atoms with Crippen LogP contribution < -0.4 is 0 Å². The van der Waals surface area contributed by atoms with Crippen LogP contribution in [0.4, 0.5) is 0 Å². The zero-order valence-corrected chi connectivity index (χ0v) is 16.5. The first kappa shape index (κ1) is 15.5. The molecule has 0 bridgehead atoms. The molecule has 5 heteroatoms. The van der Waals surface area contributed by atoms with Crippen LogP contribution in [0.1, 0.15) is 0 Å². The Morgan fingerprint density at radius 1 is 0.778 bits per heavy atom. The van der Waals surface area contributed by atoms with Gasteiger partial charge in [-0.1, -0.05) is 24.3 Å². The molecule has 27 heavy (non-hydrogen) atoms. The van der Waals surface area contributed by atoms with Crippen molar-refractivity contribution in [2.75, 3.05) is 0 Å². The number of nitrogens with zero attached hydrogens (tertiary/aromatic N) is 2. The van der Waals surface area contributed by atoms with Crippen LogP contribution in [0.25, 0.3) is 51.5 Å². The number of pyridine rings is 1. The Morgan fingerprint density at radius 2 is 1.74 bits per heavy atom.